The lowest BCUT2D eigenvalue weighted by Crippen LogP contribution is -2.34. The number of hydrogen-bond donors (Lipinski definition) is 3. The Morgan fingerprint density at radius 2 is 1.00 bits per heavy atom. The van der Waals surface area contributed by atoms with Gasteiger partial charge in [0.25, 0.3) is 0 Å². The summed E-state index contributed by atoms with van der Waals surface area (Å²) in [5, 5.41) is 8.88. The Hall–Kier alpha value is -3.08. The Labute approximate surface area is 338 Å². The Morgan fingerprint density at radius 1 is 0.571 bits per heavy atom. The van der Waals surface area contributed by atoms with Crippen molar-refractivity contribution in [3.63, 3.8) is 0 Å². The van der Waals surface area contributed by atoms with Gasteiger partial charge in [0.1, 0.15) is 12.6 Å². The smallest absolute Gasteiger partial charge is 0.472 e. The summed E-state index contributed by atoms with van der Waals surface area (Å²) in [5.74, 6) is -2.45. The van der Waals surface area contributed by atoms with Gasteiger partial charge < -0.3 is 25.2 Å². The number of unbranched alkanes of at least 4 members (excludes halogenated alkanes) is 12. The van der Waals surface area contributed by atoms with Crippen molar-refractivity contribution in [3.8, 4) is 0 Å². The first-order valence-electron chi connectivity index (χ1n) is 21.0. The number of phosphoric acid groups is 1. The second-order valence-corrected chi connectivity index (χ2v) is 15.2. The molecule has 0 aliphatic carbocycles. The molecule has 1 unspecified atom stereocenters. The fraction of sp³-hybridized carbons (Fsp3) is 0.659. The van der Waals surface area contributed by atoms with E-state index in [1.165, 1.54) is 38.5 Å². The molecule has 0 aromatic heterocycles. The lowest BCUT2D eigenvalue weighted by molar-refractivity contribution is -0.161. The number of carbonyl (C=O) groups excluding carboxylic acids is 2. The monoisotopic (exact) mass is 808 g/mol. The molecule has 0 aromatic rings. The number of esters is 2. The van der Waals surface area contributed by atoms with E-state index in [1.54, 1.807) is 0 Å². The van der Waals surface area contributed by atoms with E-state index in [0.29, 0.717) is 12.8 Å². The van der Waals surface area contributed by atoms with E-state index >= 15 is 0 Å². The third kappa shape index (κ3) is 37.8. The summed E-state index contributed by atoms with van der Waals surface area (Å²) in [4.78, 5) is 45.9. The molecule has 0 amide bonds. The van der Waals surface area contributed by atoms with Crippen molar-refractivity contribution in [2.24, 2.45) is 5.73 Å². The van der Waals surface area contributed by atoms with Gasteiger partial charge >= 0.3 is 25.7 Å². The lowest BCUT2D eigenvalue weighted by atomic mass is 10.1. The molecule has 0 saturated heterocycles. The summed E-state index contributed by atoms with van der Waals surface area (Å²) in [5.41, 5.74) is 5.32. The van der Waals surface area contributed by atoms with Crippen molar-refractivity contribution in [2.45, 2.75) is 167 Å². The maximum absolute atomic E-state index is 12.6. The molecule has 0 aromatic carbocycles. The van der Waals surface area contributed by atoms with E-state index in [2.05, 4.69) is 91.3 Å². The summed E-state index contributed by atoms with van der Waals surface area (Å²) in [6.07, 6.45) is 45.4. The van der Waals surface area contributed by atoms with Crippen LogP contribution in [0.15, 0.2) is 72.9 Å². The first-order chi connectivity index (χ1) is 27.1. The second-order valence-electron chi connectivity index (χ2n) is 13.7. The third-order valence-electron chi connectivity index (χ3n) is 8.44. The summed E-state index contributed by atoms with van der Waals surface area (Å²) in [7, 11) is -4.73. The number of allylic oxidation sites excluding steroid dienone is 12. The van der Waals surface area contributed by atoms with Crippen LogP contribution < -0.4 is 5.73 Å². The van der Waals surface area contributed by atoms with Crippen molar-refractivity contribution in [3.05, 3.63) is 72.9 Å². The zero-order valence-electron chi connectivity index (χ0n) is 34.4. The first kappa shape index (κ1) is 52.9. The number of hydrogen-bond acceptors (Lipinski definition) is 9. The van der Waals surface area contributed by atoms with Crippen molar-refractivity contribution in [2.75, 3.05) is 19.8 Å². The molecule has 56 heavy (non-hydrogen) atoms. The van der Waals surface area contributed by atoms with Gasteiger partial charge in [-0.15, -0.1) is 0 Å². The summed E-state index contributed by atoms with van der Waals surface area (Å²) >= 11 is 0. The number of aliphatic carboxylic acids is 1. The van der Waals surface area contributed by atoms with E-state index in [9.17, 15) is 23.8 Å². The Balaban J connectivity index is 4.49. The van der Waals surface area contributed by atoms with Gasteiger partial charge in [-0.05, 0) is 83.5 Å². The quantitative estimate of drug-likeness (QED) is 0.0235. The van der Waals surface area contributed by atoms with Crippen molar-refractivity contribution < 1.29 is 47.5 Å². The molecule has 320 valence electrons. The highest BCUT2D eigenvalue weighted by Crippen LogP contribution is 2.43. The van der Waals surface area contributed by atoms with E-state index in [4.69, 9.17) is 24.8 Å². The molecule has 0 fully saturated rings. The zero-order valence-corrected chi connectivity index (χ0v) is 35.3. The molecule has 0 aliphatic heterocycles. The van der Waals surface area contributed by atoms with E-state index in [0.717, 1.165) is 77.0 Å². The predicted octanol–water partition coefficient (Wildman–Crippen LogP) is 10.9. The van der Waals surface area contributed by atoms with Crippen LogP contribution in [0.4, 0.5) is 0 Å². The van der Waals surface area contributed by atoms with Gasteiger partial charge in [-0.3, -0.25) is 23.4 Å². The zero-order chi connectivity index (χ0) is 41.4. The van der Waals surface area contributed by atoms with Crippen molar-refractivity contribution in [1.82, 2.24) is 0 Å². The summed E-state index contributed by atoms with van der Waals surface area (Å²) in [6, 6.07) is -1.53. The Morgan fingerprint density at radius 3 is 1.52 bits per heavy atom. The van der Waals surface area contributed by atoms with E-state index in [1.807, 2.05) is 0 Å². The van der Waals surface area contributed by atoms with Gasteiger partial charge in [0.2, 0.25) is 0 Å². The highest BCUT2D eigenvalue weighted by molar-refractivity contribution is 7.47. The lowest BCUT2D eigenvalue weighted by Gasteiger charge is -2.20. The number of rotatable bonds is 38. The van der Waals surface area contributed by atoms with Crippen LogP contribution in [-0.4, -0.2) is 59.9 Å². The number of carboxylic acids is 1. The molecular weight excluding hydrogens is 733 g/mol. The van der Waals surface area contributed by atoms with Gasteiger partial charge in [-0.1, -0.05) is 132 Å². The molecule has 0 spiro atoms. The van der Waals surface area contributed by atoms with Crippen LogP contribution in [0.25, 0.3) is 0 Å². The minimum Gasteiger partial charge on any atom is -0.480 e. The Kier molecular flexibility index (Phi) is 36.6. The SMILES string of the molecule is CC/C=C/C/C=C/C/C=C/C/C=C/C/C=C/CCCCCC(=O)O[C@@H](COC(=O)CCCCC/C=C/CCCCCCCC)COP(=O)(O)OC[C@H](N)C(=O)O. The second kappa shape index (κ2) is 38.8. The van der Waals surface area contributed by atoms with Crippen LogP contribution in [0, 0.1) is 0 Å². The summed E-state index contributed by atoms with van der Waals surface area (Å²) in [6.45, 7) is 2.61. The largest absolute Gasteiger partial charge is 0.480 e. The number of nitrogens with two attached hydrogens (primary N) is 1. The predicted molar refractivity (Wildman–Crippen MR) is 226 cm³/mol. The molecule has 0 radical (unpaired) electrons. The van der Waals surface area contributed by atoms with Gasteiger partial charge in [0.05, 0.1) is 13.2 Å². The third-order valence-corrected chi connectivity index (χ3v) is 9.39. The molecule has 3 atom stereocenters. The highest BCUT2D eigenvalue weighted by Gasteiger charge is 2.28. The molecule has 0 saturated carbocycles. The average molecular weight is 808 g/mol. The molecule has 11 nitrogen and oxygen atoms in total. The van der Waals surface area contributed by atoms with E-state index < -0.39 is 51.1 Å². The number of carbonyl (C=O) groups is 3. The minimum absolute atomic E-state index is 0.115. The van der Waals surface area contributed by atoms with Gasteiger partial charge in [0.15, 0.2) is 6.10 Å². The van der Waals surface area contributed by atoms with Crippen molar-refractivity contribution in [1.29, 1.82) is 0 Å². The number of carboxylic acid groups (broad SMARTS) is 1. The summed E-state index contributed by atoms with van der Waals surface area (Å²) < 4.78 is 32.6. The first-order valence-corrected chi connectivity index (χ1v) is 22.5. The minimum atomic E-state index is -4.73. The van der Waals surface area contributed by atoms with Crippen LogP contribution in [0.3, 0.4) is 0 Å². The molecular formula is C44H74NO10P. The topological polar surface area (TPSA) is 172 Å². The standard InChI is InChI=1S/C44H74NO10P/c1-3-5-7-9-11-13-15-17-18-19-20-21-22-24-26-28-30-32-34-36-43(47)55-40(38-53-56(50,51)54-39-41(45)44(48)49)37-52-42(46)35-33-31-29-27-25-23-16-14-12-10-8-6-4-2/h5,7,11,13,17-18,20-21,23-26,40-41H,3-4,6,8-10,12,14-16,19,22,27-39,45H2,1-2H3,(H,48,49)(H,50,51)/b7-5+,13-11+,18-17+,21-20+,25-23+,26-24+/t40-,41-/m0/s1. The highest BCUT2D eigenvalue weighted by atomic mass is 31.2. The molecule has 4 N–H and O–H groups in total. The van der Waals surface area contributed by atoms with Crippen LogP contribution in [0.1, 0.15) is 155 Å². The average Bonchev–Trinajstić information content (AvgIpc) is 3.17. The molecule has 12 heteroatoms. The fourth-order valence-electron chi connectivity index (χ4n) is 5.14. The molecule has 0 aliphatic rings. The van der Waals surface area contributed by atoms with Gasteiger partial charge in [-0.2, -0.15) is 0 Å². The molecule has 0 rings (SSSR count). The maximum Gasteiger partial charge on any atom is 0.472 e. The fourth-order valence-corrected chi connectivity index (χ4v) is 5.92. The number of ether oxygens (including phenoxy) is 2. The number of phosphoric ester groups is 1. The van der Waals surface area contributed by atoms with Crippen molar-refractivity contribution >= 4 is 25.7 Å². The van der Waals surface area contributed by atoms with Gasteiger partial charge in [0, 0.05) is 12.8 Å². The van der Waals surface area contributed by atoms with E-state index in [-0.39, 0.29) is 19.4 Å². The van der Waals surface area contributed by atoms with Gasteiger partial charge in [-0.25, -0.2) is 4.57 Å². The Bertz CT molecular complexity index is 1230. The molecule has 0 heterocycles. The molecule has 0 bridgehead atoms. The van der Waals surface area contributed by atoms with Crippen LogP contribution in [-0.2, 0) is 37.5 Å². The van der Waals surface area contributed by atoms with Crippen LogP contribution in [0.5, 0.6) is 0 Å². The normalized spacial score (nSPS) is 14.5. The van der Waals surface area contributed by atoms with Crippen LogP contribution in [0.2, 0.25) is 0 Å². The van der Waals surface area contributed by atoms with Crippen LogP contribution >= 0.6 is 7.82 Å². The maximum atomic E-state index is 12.6.